The van der Waals surface area contributed by atoms with Crippen LogP contribution in [0.25, 0.3) is 0 Å². The standard InChI is InChI=1S/C16H26BrNO4S/c1-11(2)7-6-8-12(3)18-23(19,20)16-10-15(22-5)14(21-4)9-13(16)17/h9-12,18H,6-8H2,1-5H3. The van der Waals surface area contributed by atoms with Crippen molar-refractivity contribution in [2.75, 3.05) is 14.2 Å². The largest absolute Gasteiger partial charge is 0.493 e. The van der Waals surface area contributed by atoms with E-state index in [1.807, 2.05) is 6.92 Å². The molecule has 132 valence electrons. The summed E-state index contributed by atoms with van der Waals surface area (Å²) in [5.74, 6) is 1.48. The van der Waals surface area contributed by atoms with Gasteiger partial charge < -0.3 is 9.47 Å². The van der Waals surface area contributed by atoms with Crippen LogP contribution in [-0.4, -0.2) is 28.7 Å². The number of methoxy groups -OCH3 is 2. The second-order valence-corrected chi connectivity index (χ2v) is 8.52. The van der Waals surface area contributed by atoms with Gasteiger partial charge in [-0.1, -0.05) is 26.7 Å². The molecule has 1 unspecified atom stereocenters. The molecule has 0 fully saturated rings. The first-order valence-corrected chi connectivity index (χ1v) is 9.92. The molecule has 1 aromatic rings. The Labute approximate surface area is 147 Å². The molecule has 5 nitrogen and oxygen atoms in total. The third kappa shape index (κ3) is 5.97. The van der Waals surface area contributed by atoms with Crippen LogP contribution in [0.15, 0.2) is 21.5 Å². The maximum Gasteiger partial charge on any atom is 0.242 e. The molecule has 0 aromatic heterocycles. The van der Waals surface area contributed by atoms with Crippen LogP contribution < -0.4 is 14.2 Å². The van der Waals surface area contributed by atoms with Gasteiger partial charge in [0.1, 0.15) is 4.90 Å². The minimum atomic E-state index is -3.63. The predicted octanol–water partition coefficient (Wildman–Crippen LogP) is 3.96. The van der Waals surface area contributed by atoms with E-state index in [-0.39, 0.29) is 10.9 Å². The van der Waals surface area contributed by atoms with Crippen LogP contribution in [0, 0.1) is 5.92 Å². The molecule has 1 N–H and O–H groups in total. The Morgan fingerprint density at radius 2 is 1.65 bits per heavy atom. The van der Waals surface area contributed by atoms with E-state index in [9.17, 15) is 8.42 Å². The SMILES string of the molecule is COc1cc(Br)c(S(=O)(=O)NC(C)CCCC(C)C)cc1OC. The Bertz CT molecular complexity index is 617. The average Bonchev–Trinajstić information content (AvgIpc) is 2.45. The third-order valence-electron chi connectivity index (χ3n) is 3.50. The lowest BCUT2D eigenvalue weighted by molar-refractivity contribution is 0.353. The van der Waals surface area contributed by atoms with Crippen molar-refractivity contribution in [2.45, 2.75) is 51.0 Å². The molecule has 1 rings (SSSR count). The lowest BCUT2D eigenvalue weighted by Gasteiger charge is -2.17. The number of rotatable bonds is 9. The van der Waals surface area contributed by atoms with Crippen LogP contribution in [0.1, 0.15) is 40.0 Å². The van der Waals surface area contributed by atoms with Gasteiger partial charge in [-0.25, -0.2) is 13.1 Å². The Morgan fingerprint density at radius 3 is 2.17 bits per heavy atom. The molecular weight excluding hydrogens is 382 g/mol. The van der Waals surface area contributed by atoms with E-state index in [2.05, 4.69) is 34.5 Å². The molecule has 0 saturated carbocycles. The van der Waals surface area contributed by atoms with Crippen molar-refractivity contribution in [2.24, 2.45) is 5.92 Å². The van der Waals surface area contributed by atoms with Crippen LogP contribution in [0.5, 0.6) is 11.5 Å². The van der Waals surface area contributed by atoms with Crippen molar-refractivity contribution >= 4 is 26.0 Å². The van der Waals surface area contributed by atoms with Crippen molar-refractivity contribution in [1.82, 2.24) is 4.72 Å². The average molecular weight is 408 g/mol. The lowest BCUT2D eigenvalue weighted by atomic mass is 10.0. The molecule has 1 atom stereocenters. The maximum atomic E-state index is 12.6. The van der Waals surface area contributed by atoms with Crippen LogP contribution in [0.2, 0.25) is 0 Å². The number of ether oxygens (including phenoxy) is 2. The van der Waals surface area contributed by atoms with E-state index >= 15 is 0 Å². The zero-order valence-electron chi connectivity index (χ0n) is 14.3. The summed E-state index contributed by atoms with van der Waals surface area (Å²) >= 11 is 3.29. The first-order chi connectivity index (χ1) is 10.7. The molecule has 23 heavy (non-hydrogen) atoms. The summed E-state index contributed by atoms with van der Waals surface area (Å²) in [6.07, 6.45) is 2.89. The summed E-state index contributed by atoms with van der Waals surface area (Å²) < 4.78 is 38.7. The molecule has 0 aliphatic carbocycles. The monoisotopic (exact) mass is 407 g/mol. The minimum Gasteiger partial charge on any atom is -0.493 e. The summed E-state index contributed by atoms with van der Waals surface area (Å²) in [6.45, 7) is 6.21. The van der Waals surface area contributed by atoms with Gasteiger partial charge in [0.15, 0.2) is 11.5 Å². The molecule has 0 bridgehead atoms. The van der Waals surface area contributed by atoms with E-state index in [1.165, 1.54) is 20.3 Å². The Morgan fingerprint density at radius 1 is 1.09 bits per heavy atom. The molecular formula is C16H26BrNO4S. The highest BCUT2D eigenvalue weighted by atomic mass is 79.9. The maximum absolute atomic E-state index is 12.6. The van der Waals surface area contributed by atoms with E-state index in [0.29, 0.717) is 21.9 Å². The summed E-state index contributed by atoms with van der Waals surface area (Å²) in [7, 11) is -0.647. The van der Waals surface area contributed by atoms with E-state index < -0.39 is 10.0 Å². The van der Waals surface area contributed by atoms with Gasteiger partial charge in [0.2, 0.25) is 10.0 Å². The Hall–Kier alpha value is -0.790. The predicted molar refractivity (Wildman–Crippen MR) is 95.7 cm³/mol. The molecule has 0 heterocycles. The quantitative estimate of drug-likeness (QED) is 0.672. The Kier molecular flexibility index (Phi) is 7.83. The van der Waals surface area contributed by atoms with Crippen LogP contribution >= 0.6 is 15.9 Å². The lowest BCUT2D eigenvalue weighted by Crippen LogP contribution is -2.32. The topological polar surface area (TPSA) is 64.6 Å². The van der Waals surface area contributed by atoms with Gasteiger partial charge >= 0.3 is 0 Å². The summed E-state index contributed by atoms with van der Waals surface area (Å²) in [6, 6.07) is 2.93. The summed E-state index contributed by atoms with van der Waals surface area (Å²) in [5, 5.41) is 0. The molecule has 0 aliphatic rings. The zero-order chi connectivity index (χ0) is 17.6. The van der Waals surface area contributed by atoms with Crippen molar-refractivity contribution < 1.29 is 17.9 Å². The number of hydrogen-bond acceptors (Lipinski definition) is 4. The number of nitrogens with one attached hydrogen (secondary N) is 1. The fraction of sp³-hybridized carbons (Fsp3) is 0.625. The highest BCUT2D eigenvalue weighted by molar-refractivity contribution is 9.10. The molecule has 0 radical (unpaired) electrons. The van der Waals surface area contributed by atoms with E-state index in [4.69, 9.17) is 9.47 Å². The van der Waals surface area contributed by atoms with E-state index in [1.54, 1.807) is 6.07 Å². The van der Waals surface area contributed by atoms with Gasteiger partial charge in [-0.05, 0) is 41.3 Å². The van der Waals surface area contributed by atoms with Gasteiger partial charge in [0.25, 0.3) is 0 Å². The van der Waals surface area contributed by atoms with Gasteiger partial charge in [0, 0.05) is 16.6 Å². The molecule has 1 aromatic carbocycles. The van der Waals surface area contributed by atoms with Crippen molar-refractivity contribution in [3.63, 3.8) is 0 Å². The normalized spacial score (nSPS) is 13.2. The highest BCUT2D eigenvalue weighted by Crippen LogP contribution is 2.35. The zero-order valence-corrected chi connectivity index (χ0v) is 16.8. The summed E-state index contributed by atoms with van der Waals surface area (Å²) in [4.78, 5) is 0.144. The van der Waals surface area contributed by atoms with E-state index in [0.717, 1.165) is 19.3 Å². The first-order valence-electron chi connectivity index (χ1n) is 7.65. The first kappa shape index (κ1) is 20.3. The number of sulfonamides is 1. The second-order valence-electron chi connectivity index (χ2n) is 5.98. The van der Waals surface area contributed by atoms with Gasteiger partial charge in [0.05, 0.1) is 14.2 Å². The fourth-order valence-corrected chi connectivity index (χ4v) is 4.58. The molecule has 0 amide bonds. The summed E-state index contributed by atoms with van der Waals surface area (Å²) in [5.41, 5.74) is 0. The van der Waals surface area contributed by atoms with Gasteiger partial charge in [-0.2, -0.15) is 0 Å². The van der Waals surface area contributed by atoms with Crippen LogP contribution in [-0.2, 0) is 10.0 Å². The number of hydrogen-bond donors (Lipinski definition) is 1. The van der Waals surface area contributed by atoms with Crippen molar-refractivity contribution in [1.29, 1.82) is 0 Å². The third-order valence-corrected chi connectivity index (χ3v) is 6.05. The molecule has 0 spiro atoms. The smallest absolute Gasteiger partial charge is 0.242 e. The van der Waals surface area contributed by atoms with Crippen LogP contribution in [0.4, 0.5) is 0 Å². The molecule has 0 saturated heterocycles. The second kappa shape index (κ2) is 8.89. The number of halogens is 1. The molecule has 0 aliphatic heterocycles. The highest BCUT2D eigenvalue weighted by Gasteiger charge is 2.23. The van der Waals surface area contributed by atoms with Crippen molar-refractivity contribution in [3.8, 4) is 11.5 Å². The minimum absolute atomic E-state index is 0.126. The van der Waals surface area contributed by atoms with Gasteiger partial charge in [-0.15, -0.1) is 0 Å². The van der Waals surface area contributed by atoms with Gasteiger partial charge in [-0.3, -0.25) is 0 Å². The van der Waals surface area contributed by atoms with Crippen molar-refractivity contribution in [3.05, 3.63) is 16.6 Å². The fourth-order valence-electron chi connectivity index (χ4n) is 2.26. The Balaban J connectivity index is 2.91. The molecule has 7 heteroatoms. The number of benzene rings is 1. The van der Waals surface area contributed by atoms with Crippen LogP contribution in [0.3, 0.4) is 0 Å².